The second-order valence-electron chi connectivity index (χ2n) is 6.32. The average molecular weight is 268 g/mol. The number of piperazine rings is 1. The van der Waals surface area contributed by atoms with Gasteiger partial charge in [0.05, 0.1) is 5.92 Å². The van der Waals surface area contributed by atoms with E-state index >= 15 is 0 Å². The molecule has 19 heavy (non-hydrogen) atoms. The van der Waals surface area contributed by atoms with Gasteiger partial charge in [0.1, 0.15) is 0 Å². The van der Waals surface area contributed by atoms with Crippen molar-refractivity contribution < 1.29 is 9.90 Å². The maximum atomic E-state index is 11.5. The summed E-state index contributed by atoms with van der Waals surface area (Å²) in [6.07, 6.45) is 5.41. The normalized spacial score (nSPS) is 31.3. The third-order valence-electron chi connectivity index (χ3n) is 4.84. The Morgan fingerprint density at radius 1 is 1.05 bits per heavy atom. The first-order chi connectivity index (χ1) is 9.09. The number of aliphatic carboxylic acids is 1. The van der Waals surface area contributed by atoms with Crippen LogP contribution in [-0.4, -0.2) is 59.1 Å². The zero-order chi connectivity index (χ0) is 13.8. The van der Waals surface area contributed by atoms with Crippen LogP contribution in [0.3, 0.4) is 0 Å². The van der Waals surface area contributed by atoms with Crippen molar-refractivity contribution in [2.45, 2.75) is 58.0 Å². The van der Waals surface area contributed by atoms with Gasteiger partial charge in [0.2, 0.25) is 0 Å². The molecule has 1 N–H and O–H groups in total. The van der Waals surface area contributed by atoms with Gasteiger partial charge in [-0.25, -0.2) is 0 Å². The van der Waals surface area contributed by atoms with E-state index in [2.05, 4.69) is 23.6 Å². The molecule has 2 rings (SSSR count). The van der Waals surface area contributed by atoms with Crippen molar-refractivity contribution in [3.05, 3.63) is 0 Å². The molecular formula is C15H28N2O2. The highest BCUT2D eigenvalue weighted by atomic mass is 16.4. The Morgan fingerprint density at radius 3 is 2.26 bits per heavy atom. The number of nitrogens with zero attached hydrogens (tertiary/aromatic N) is 2. The number of hydrogen-bond donors (Lipinski definition) is 1. The molecule has 2 unspecified atom stereocenters. The summed E-state index contributed by atoms with van der Waals surface area (Å²) in [6.45, 7) is 8.71. The molecule has 1 saturated carbocycles. The van der Waals surface area contributed by atoms with Crippen LogP contribution in [0.2, 0.25) is 0 Å². The van der Waals surface area contributed by atoms with Crippen molar-refractivity contribution in [2.24, 2.45) is 5.92 Å². The van der Waals surface area contributed by atoms with E-state index in [9.17, 15) is 9.90 Å². The lowest BCUT2D eigenvalue weighted by Gasteiger charge is -2.42. The van der Waals surface area contributed by atoms with Gasteiger partial charge in [0.15, 0.2) is 0 Å². The van der Waals surface area contributed by atoms with E-state index < -0.39 is 5.97 Å². The van der Waals surface area contributed by atoms with E-state index in [0.717, 1.165) is 45.4 Å². The molecule has 0 aromatic rings. The number of carbonyl (C=O) groups is 1. The minimum absolute atomic E-state index is 0.145. The largest absolute Gasteiger partial charge is 0.481 e. The van der Waals surface area contributed by atoms with Crippen molar-refractivity contribution >= 4 is 5.97 Å². The molecule has 2 fully saturated rings. The standard InChI is InChI=1S/C15H28N2O2/c1-12(2)16-8-10-17(11-9-16)14-7-5-3-4-6-13(14)15(18)19/h12-14H,3-11H2,1-2H3,(H,18,19). The predicted molar refractivity (Wildman–Crippen MR) is 76.3 cm³/mol. The molecule has 110 valence electrons. The van der Waals surface area contributed by atoms with Crippen LogP contribution in [0.5, 0.6) is 0 Å². The SMILES string of the molecule is CC(C)N1CCN(C2CCCCCC2C(=O)O)CC1. The van der Waals surface area contributed by atoms with Gasteiger partial charge in [-0.2, -0.15) is 0 Å². The van der Waals surface area contributed by atoms with Crippen LogP contribution in [-0.2, 0) is 4.79 Å². The van der Waals surface area contributed by atoms with Crippen LogP contribution in [0.15, 0.2) is 0 Å². The first-order valence-electron chi connectivity index (χ1n) is 7.80. The molecule has 0 radical (unpaired) electrons. The first-order valence-corrected chi connectivity index (χ1v) is 7.80. The Labute approximate surface area is 116 Å². The summed E-state index contributed by atoms with van der Waals surface area (Å²) in [7, 11) is 0. The smallest absolute Gasteiger partial charge is 0.308 e. The molecule has 4 heteroatoms. The maximum Gasteiger partial charge on any atom is 0.308 e. The number of carboxylic acid groups (broad SMARTS) is 1. The van der Waals surface area contributed by atoms with E-state index in [4.69, 9.17) is 0 Å². The molecule has 1 saturated heterocycles. The van der Waals surface area contributed by atoms with Crippen molar-refractivity contribution in [2.75, 3.05) is 26.2 Å². The number of rotatable bonds is 3. The molecule has 0 spiro atoms. The zero-order valence-corrected chi connectivity index (χ0v) is 12.3. The quantitative estimate of drug-likeness (QED) is 0.796. The van der Waals surface area contributed by atoms with Crippen molar-refractivity contribution in [3.8, 4) is 0 Å². The number of carboxylic acids is 1. The van der Waals surface area contributed by atoms with Crippen LogP contribution in [0.4, 0.5) is 0 Å². The summed E-state index contributed by atoms with van der Waals surface area (Å²) in [5.41, 5.74) is 0. The topological polar surface area (TPSA) is 43.8 Å². The summed E-state index contributed by atoms with van der Waals surface area (Å²) in [5.74, 6) is -0.730. The van der Waals surface area contributed by atoms with E-state index in [-0.39, 0.29) is 12.0 Å². The third kappa shape index (κ3) is 3.69. The Morgan fingerprint density at radius 2 is 1.68 bits per heavy atom. The maximum absolute atomic E-state index is 11.5. The van der Waals surface area contributed by atoms with E-state index in [0.29, 0.717) is 6.04 Å². The van der Waals surface area contributed by atoms with Crippen molar-refractivity contribution in [1.82, 2.24) is 9.80 Å². The summed E-state index contributed by atoms with van der Waals surface area (Å²) < 4.78 is 0. The van der Waals surface area contributed by atoms with Crippen molar-refractivity contribution in [1.29, 1.82) is 0 Å². The van der Waals surface area contributed by atoms with E-state index in [1.807, 2.05) is 0 Å². The van der Waals surface area contributed by atoms with Gasteiger partial charge < -0.3 is 5.11 Å². The Hall–Kier alpha value is -0.610. The van der Waals surface area contributed by atoms with Crippen molar-refractivity contribution in [3.63, 3.8) is 0 Å². The fourth-order valence-corrected chi connectivity index (χ4v) is 3.60. The van der Waals surface area contributed by atoms with Crippen LogP contribution < -0.4 is 0 Å². The molecule has 1 aliphatic heterocycles. The molecule has 1 heterocycles. The minimum atomic E-state index is -0.585. The van der Waals surface area contributed by atoms with Gasteiger partial charge >= 0.3 is 5.97 Å². The van der Waals surface area contributed by atoms with Gasteiger partial charge in [0.25, 0.3) is 0 Å². The van der Waals surface area contributed by atoms with Crippen LogP contribution >= 0.6 is 0 Å². The molecule has 0 bridgehead atoms. The lowest BCUT2D eigenvalue weighted by Crippen LogP contribution is -2.54. The molecular weight excluding hydrogens is 240 g/mol. The van der Waals surface area contributed by atoms with E-state index in [1.165, 1.54) is 12.8 Å². The minimum Gasteiger partial charge on any atom is -0.481 e. The highest BCUT2D eigenvalue weighted by Crippen LogP contribution is 2.28. The van der Waals surface area contributed by atoms with Crippen LogP contribution in [0.25, 0.3) is 0 Å². The second-order valence-corrected chi connectivity index (χ2v) is 6.32. The monoisotopic (exact) mass is 268 g/mol. The number of hydrogen-bond acceptors (Lipinski definition) is 3. The van der Waals surface area contributed by atoms with Crippen LogP contribution in [0, 0.1) is 5.92 Å². The molecule has 1 aliphatic carbocycles. The van der Waals surface area contributed by atoms with E-state index in [1.54, 1.807) is 0 Å². The Kier molecular flexibility index (Phi) is 5.22. The Balaban J connectivity index is 1.97. The van der Waals surface area contributed by atoms with Gasteiger partial charge in [-0.05, 0) is 26.7 Å². The second kappa shape index (κ2) is 6.71. The van der Waals surface area contributed by atoms with Gasteiger partial charge in [-0.1, -0.05) is 19.3 Å². The highest BCUT2D eigenvalue weighted by Gasteiger charge is 2.35. The predicted octanol–water partition coefficient (Wildman–Crippen LogP) is 2.05. The molecule has 2 atom stereocenters. The molecule has 2 aliphatic rings. The lowest BCUT2D eigenvalue weighted by molar-refractivity contribution is -0.145. The molecule has 4 nitrogen and oxygen atoms in total. The molecule has 0 aromatic heterocycles. The average Bonchev–Trinajstić information content (AvgIpc) is 2.64. The fraction of sp³-hybridized carbons (Fsp3) is 0.933. The third-order valence-corrected chi connectivity index (χ3v) is 4.84. The van der Waals surface area contributed by atoms with Crippen LogP contribution in [0.1, 0.15) is 46.0 Å². The fourth-order valence-electron chi connectivity index (χ4n) is 3.60. The summed E-state index contributed by atoms with van der Waals surface area (Å²) in [5, 5.41) is 9.47. The summed E-state index contributed by atoms with van der Waals surface area (Å²) in [4.78, 5) is 16.4. The lowest BCUT2D eigenvalue weighted by atomic mass is 9.93. The van der Waals surface area contributed by atoms with Gasteiger partial charge in [-0.3, -0.25) is 14.6 Å². The highest BCUT2D eigenvalue weighted by molar-refractivity contribution is 5.70. The van der Waals surface area contributed by atoms with Gasteiger partial charge in [0, 0.05) is 38.3 Å². The summed E-state index contributed by atoms with van der Waals surface area (Å²) >= 11 is 0. The Bertz CT molecular complexity index is 299. The summed E-state index contributed by atoms with van der Waals surface area (Å²) in [6, 6.07) is 0.876. The van der Waals surface area contributed by atoms with Gasteiger partial charge in [-0.15, -0.1) is 0 Å². The zero-order valence-electron chi connectivity index (χ0n) is 12.3. The molecule has 0 aromatic carbocycles. The molecule has 0 amide bonds. The first kappa shape index (κ1) is 14.8.